The SMILES string of the molecule is CC(Oc1ccc(O)cc1)C(=O)Nc1n[nH]c2c1CCN(C(=O)OC(C)(C)C)C2. The Bertz CT molecular complexity index is 885. The molecule has 0 bridgehead atoms. The molecule has 2 heterocycles. The average molecular weight is 402 g/mol. The van der Waals surface area contributed by atoms with E-state index in [0.29, 0.717) is 31.1 Å². The largest absolute Gasteiger partial charge is 0.508 e. The summed E-state index contributed by atoms with van der Waals surface area (Å²) in [5, 5.41) is 19.2. The fourth-order valence-corrected chi connectivity index (χ4v) is 2.90. The summed E-state index contributed by atoms with van der Waals surface area (Å²) in [6, 6.07) is 6.14. The number of carbonyl (C=O) groups is 2. The van der Waals surface area contributed by atoms with Crippen molar-refractivity contribution in [3.63, 3.8) is 0 Å². The van der Waals surface area contributed by atoms with Gasteiger partial charge in [0.15, 0.2) is 11.9 Å². The molecular weight excluding hydrogens is 376 g/mol. The van der Waals surface area contributed by atoms with Gasteiger partial charge in [-0.2, -0.15) is 5.10 Å². The van der Waals surface area contributed by atoms with Gasteiger partial charge in [-0.1, -0.05) is 0 Å². The van der Waals surface area contributed by atoms with Gasteiger partial charge in [0.05, 0.1) is 12.2 Å². The van der Waals surface area contributed by atoms with Gasteiger partial charge in [-0.25, -0.2) is 4.79 Å². The Labute approximate surface area is 169 Å². The first-order chi connectivity index (χ1) is 13.6. The number of aromatic amines is 1. The van der Waals surface area contributed by atoms with Crippen molar-refractivity contribution < 1.29 is 24.2 Å². The van der Waals surface area contributed by atoms with E-state index in [2.05, 4.69) is 15.5 Å². The quantitative estimate of drug-likeness (QED) is 0.724. The molecule has 1 aromatic heterocycles. The number of fused-ring (bicyclic) bond motifs is 1. The number of nitrogens with zero attached hydrogens (tertiary/aromatic N) is 2. The van der Waals surface area contributed by atoms with Crippen LogP contribution in [0, 0.1) is 0 Å². The lowest BCUT2D eigenvalue weighted by atomic mass is 10.1. The van der Waals surface area contributed by atoms with E-state index in [1.165, 1.54) is 12.1 Å². The minimum absolute atomic E-state index is 0.123. The Balaban J connectivity index is 1.60. The first-order valence-electron chi connectivity index (χ1n) is 9.43. The number of carbonyl (C=O) groups excluding carboxylic acids is 2. The molecular formula is C20H26N4O5. The van der Waals surface area contributed by atoms with Gasteiger partial charge in [-0.15, -0.1) is 0 Å². The molecule has 1 atom stereocenters. The molecule has 0 saturated heterocycles. The molecule has 0 saturated carbocycles. The molecule has 1 aromatic carbocycles. The molecule has 29 heavy (non-hydrogen) atoms. The van der Waals surface area contributed by atoms with Crippen molar-refractivity contribution >= 4 is 17.8 Å². The maximum Gasteiger partial charge on any atom is 0.410 e. The van der Waals surface area contributed by atoms with Crippen molar-refractivity contribution in [3.05, 3.63) is 35.5 Å². The van der Waals surface area contributed by atoms with Crippen molar-refractivity contribution in [1.82, 2.24) is 15.1 Å². The number of phenols is 1. The molecule has 1 unspecified atom stereocenters. The Hall–Kier alpha value is -3.23. The maximum atomic E-state index is 12.5. The van der Waals surface area contributed by atoms with Gasteiger partial charge in [0.1, 0.15) is 17.1 Å². The summed E-state index contributed by atoms with van der Waals surface area (Å²) in [5.41, 5.74) is 1.08. The van der Waals surface area contributed by atoms with Crippen LogP contribution in [0.4, 0.5) is 10.6 Å². The molecule has 0 aliphatic carbocycles. The zero-order valence-electron chi connectivity index (χ0n) is 17.0. The van der Waals surface area contributed by atoms with E-state index in [-0.39, 0.29) is 17.7 Å². The molecule has 0 radical (unpaired) electrons. The van der Waals surface area contributed by atoms with Gasteiger partial charge in [-0.3, -0.25) is 9.89 Å². The van der Waals surface area contributed by atoms with Crippen LogP contribution < -0.4 is 10.1 Å². The second-order valence-electron chi connectivity index (χ2n) is 7.92. The normalized spacial score (nSPS) is 14.7. The van der Waals surface area contributed by atoms with Gasteiger partial charge in [-0.05, 0) is 58.4 Å². The van der Waals surface area contributed by atoms with Crippen LogP contribution in [0.1, 0.15) is 39.0 Å². The van der Waals surface area contributed by atoms with Gasteiger partial charge < -0.3 is 24.8 Å². The molecule has 9 nitrogen and oxygen atoms in total. The van der Waals surface area contributed by atoms with Crippen molar-refractivity contribution in [2.24, 2.45) is 0 Å². The maximum absolute atomic E-state index is 12.5. The van der Waals surface area contributed by atoms with Crippen LogP contribution in [0.15, 0.2) is 24.3 Å². The molecule has 1 aliphatic rings. The Morgan fingerprint density at radius 1 is 1.28 bits per heavy atom. The first-order valence-corrected chi connectivity index (χ1v) is 9.43. The Morgan fingerprint density at radius 2 is 1.97 bits per heavy atom. The summed E-state index contributed by atoms with van der Waals surface area (Å²) >= 11 is 0. The highest BCUT2D eigenvalue weighted by Crippen LogP contribution is 2.25. The second kappa shape index (κ2) is 8.02. The van der Waals surface area contributed by atoms with Crippen LogP contribution in [-0.2, 0) is 22.5 Å². The number of phenolic OH excluding ortho intramolecular Hbond substituents is 1. The number of aromatic nitrogens is 2. The van der Waals surface area contributed by atoms with E-state index in [1.54, 1.807) is 24.0 Å². The highest BCUT2D eigenvalue weighted by atomic mass is 16.6. The number of amides is 2. The van der Waals surface area contributed by atoms with E-state index < -0.39 is 11.7 Å². The molecule has 156 valence electrons. The predicted molar refractivity (Wildman–Crippen MR) is 106 cm³/mol. The highest BCUT2D eigenvalue weighted by molar-refractivity contribution is 5.94. The van der Waals surface area contributed by atoms with Crippen molar-refractivity contribution in [2.75, 3.05) is 11.9 Å². The zero-order chi connectivity index (χ0) is 21.2. The summed E-state index contributed by atoms with van der Waals surface area (Å²) in [7, 11) is 0. The van der Waals surface area contributed by atoms with Crippen LogP contribution in [0.3, 0.4) is 0 Å². The molecule has 0 fully saturated rings. The van der Waals surface area contributed by atoms with Crippen molar-refractivity contribution in [1.29, 1.82) is 0 Å². The van der Waals surface area contributed by atoms with Crippen LogP contribution >= 0.6 is 0 Å². The van der Waals surface area contributed by atoms with E-state index >= 15 is 0 Å². The number of hydrogen-bond acceptors (Lipinski definition) is 6. The predicted octanol–water partition coefficient (Wildman–Crippen LogP) is 2.81. The number of ether oxygens (including phenoxy) is 2. The Morgan fingerprint density at radius 3 is 2.62 bits per heavy atom. The van der Waals surface area contributed by atoms with E-state index in [1.807, 2.05) is 20.8 Å². The molecule has 9 heteroatoms. The number of aromatic hydroxyl groups is 1. The number of rotatable bonds is 4. The second-order valence-corrected chi connectivity index (χ2v) is 7.92. The third-order valence-corrected chi connectivity index (χ3v) is 4.35. The highest BCUT2D eigenvalue weighted by Gasteiger charge is 2.29. The van der Waals surface area contributed by atoms with Crippen LogP contribution in [-0.4, -0.2) is 50.5 Å². The topological polar surface area (TPSA) is 117 Å². The van der Waals surface area contributed by atoms with Crippen molar-refractivity contribution in [2.45, 2.75) is 52.4 Å². The molecule has 0 spiro atoms. The first kappa shape index (κ1) is 20.5. The number of nitrogens with one attached hydrogen (secondary N) is 2. The van der Waals surface area contributed by atoms with Gasteiger partial charge in [0.2, 0.25) is 0 Å². The lowest BCUT2D eigenvalue weighted by Gasteiger charge is -2.29. The van der Waals surface area contributed by atoms with E-state index in [4.69, 9.17) is 9.47 Å². The van der Waals surface area contributed by atoms with Gasteiger partial charge in [0.25, 0.3) is 5.91 Å². The number of anilines is 1. The smallest absolute Gasteiger partial charge is 0.410 e. The summed E-state index contributed by atoms with van der Waals surface area (Å²) in [5.74, 6) is 0.692. The fraction of sp³-hybridized carbons (Fsp3) is 0.450. The molecule has 2 aromatic rings. The molecule has 3 N–H and O–H groups in total. The van der Waals surface area contributed by atoms with Crippen LogP contribution in [0.5, 0.6) is 11.5 Å². The van der Waals surface area contributed by atoms with E-state index in [9.17, 15) is 14.7 Å². The molecule has 3 rings (SSSR count). The summed E-state index contributed by atoms with van der Waals surface area (Å²) in [4.78, 5) is 26.3. The third kappa shape index (κ3) is 5.18. The monoisotopic (exact) mass is 402 g/mol. The zero-order valence-corrected chi connectivity index (χ0v) is 17.0. The fourth-order valence-electron chi connectivity index (χ4n) is 2.90. The summed E-state index contributed by atoms with van der Waals surface area (Å²) in [6.45, 7) is 7.92. The van der Waals surface area contributed by atoms with Crippen LogP contribution in [0.25, 0.3) is 0 Å². The average Bonchev–Trinajstić information content (AvgIpc) is 3.04. The number of hydrogen-bond donors (Lipinski definition) is 3. The third-order valence-electron chi connectivity index (χ3n) is 4.35. The van der Waals surface area contributed by atoms with Gasteiger partial charge >= 0.3 is 6.09 Å². The lowest BCUT2D eigenvalue weighted by molar-refractivity contribution is -0.122. The Kier molecular flexibility index (Phi) is 5.67. The standard InChI is InChI=1S/C20H26N4O5/c1-12(28-14-7-5-13(25)6-8-14)18(26)21-17-15-9-10-24(11-16(15)22-23-17)19(27)29-20(2,3)4/h5-8,12,25H,9-11H2,1-4H3,(H2,21,22,23,26). The van der Waals surface area contributed by atoms with E-state index in [0.717, 1.165) is 11.3 Å². The van der Waals surface area contributed by atoms with Crippen LogP contribution in [0.2, 0.25) is 0 Å². The molecule has 1 aliphatic heterocycles. The van der Waals surface area contributed by atoms with Gasteiger partial charge in [0, 0.05) is 12.1 Å². The molecule has 2 amide bonds. The van der Waals surface area contributed by atoms with Crippen molar-refractivity contribution in [3.8, 4) is 11.5 Å². The lowest BCUT2D eigenvalue weighted by Crippen LogP contribution is -2.40. The minimum atomic E-state index is -0.756. The number of benzene rings is 1. The number of H-pyrrole nitrogens is 1. The summed E-state index contributed by atoms with van der Waals surface area (Å²) in [6.07, 6.45) is -0.582. The summed E-state index contributed by atoms with van der Waals surface area (Å²) < 4.78 is 11.0. The minimum Gasteiger partial charge on any atom is -0.508 e.